The summed E-state index contributed by atoms with van der Waals surface area (Å²) in [6, 6.07) is 9.34. The molecule has 0 N–H and O–H groups in total. The van der Waals surface area contributed by atoms with Gasteiger partial charge in [-0.1, -0.05) is 18.6 Å². The van der Waals surface area contributed by atoms with Crippen molar-refractivity contribution in [2.24, 2.45) is 5.92 Å². The quantitative estimate of drug-likeness (QED) is 0.798. The molecule has 1 aromatic rings. The number of carbonyl (C=O) groups excluding carboxylic acids is 1. The minimum Gasteiger partial charge on any atom is -0.314 e. The number of amides is 1. The second-order valence-electron chi connectivity index (χ2n) is 4.58. The second kappa shape index (κ2) is 5.01. The molecule has 3 nitrogen and oxygen atoms in total. The molecule has 3 heteroatoms. The lowest BCUT2D eigenvalue weighted by Crippen LogP contribution is -2.30. The molecule has 1 amide bonds. The van der Waals surface area contributed by atoms with Gasteiger partial charge in [-0.3, -0.25) is 4.79 Å². The van der Waals surface area contributed by atoms with Gasteiger partial charge in [0.1, 0.15) is 6.07 Å². The molecule has 0 spiro atoms. The van der Waals surface area contributed by atoms with Crippen molar-refractivity contribution < 1.29 is 4.79 Å². The summed E-state index contributed by atoms with van der Waals surface area (Å²) in [4.78, 5) is 13.6. The van der Waals surface area contributed by atoms with E-state index in [0.717, 1.165) is 0 Å². The van der Waals surface area contributed by atoms with Gasteiger partial charge in [-0.25, -0.2) is 0 Å². The Labute approximate surface area is 102 Å². The van der Waals surface area contributed by atoms with Crippen molar-refractivity contribution >= 4 is 11.6 Å². The van der Waals surface area contributed by atoms with Crippen LogP contribution in [-0.4, -0.2) is 13.0 Å². The van der Waals surface area contributed by atoms with Crippen LogP contribution in [0.15, 0.2) is 24.3 Å². The molecule has 1 saturated carbocycles. The third-order valence-corrected chi connectivity index (χ3v) is 3.45. The largest absolute Gasteiger partial charge is 0.314 e. The van der Waals surface area contributed by atoms with E-state index in [1.165, 1.54) is 19.3 Å². The standard InChI is InChI=1S/C14H16N2O/c1-16(14(17)9-11-5-4-6-11)13-8-3-2-7-12(13)10-15/h2-3,7-8,11H,4-6,9H2,1H3. The van der Waals surface area contributed by atoms with E-state index in [0.29, 0.717) is 23.6 Å². The van der Waals surface area contributed by atoms with Crippen LogP contribution in [-0.2, 0) is 4.79 Å². The van der Waals surface area contributed by atoms with E-state index < -0.39 is 0 Å². The molecule has 1 aliphatic carbocycles. The number of carbonyl (C=O) groups is 1. The minimum absolute atomic E-state index is 0.109. The topological polar surface area (TPSA) is 44.1 Å². The number of rotatable bonds is 3. The number of hydrogen-bond acceptors (Lipinski definition) is 2. The van der Waals surface area contributed by atoms with Crippen LogP contribution >= 0.6 is 0 Å². The van der Waals surface area contributed by atoms with Crippen molar-refractivity contribution in [3.63, 3.8) is 0 Å². The maximum absolute atomic E-state index is 12.0. The summed E-state index contributed by atoms with van der Waals surface area (Å²) in [7, 11) is 1.75. The molecule has 1 aromatic carbocycles. The van der Waals surface area contributed by atoms with Gasteiger partial charge in [0.05, 0.1) is 11.3 Å². The van der Waals surface area contributed by atoms with Crippen LogP contribution < -0.4 is 4.90 Å². The number of nitriles is 1. The monoisotopic (exact) mass is 228 g/mol. The van der Waals surface area contributed by atoms with Crippen molar-refractivity contribution in [2.45, 2.75) is 25.7 Å². The van der Waals surface area contributed by atoms with E-state index in [1.54, 1.807) is 18.0 Å². The highest BCUT2D eigenvalue weighted by atomic mass is 16.2. The Bertz CT molecular complexity index is 458. The van der Waals surface area contributed by atoms with Crippen LogP contribution in [0.2, 0.25) is 0 Å². The van der Waals surface area contributed by atoms with Crippen molar-refractivity contribution in [3.8, 4) is 6.07 Å². The average Bonchev–Trinajstić information content (AvgIpc) is 2.32. The number of anilines is 1. The third-order valence-electron chi connectivity index (χ3n) is 3.45. The summed E-state index contributed by atoms with van der Waals surface area (Å²) in [5.74, 6) is 0.664. The van der Waals surface area contributed by atoms with Crippen LogP contribution in [0.4, 0.5) is 5.69 Å². The van der Waals surface area contributed by atoms with Crippen molar-refractivity contribution in [2.75, 3.05) is 11.9 Å². The fourth-order valence-electron chi connectivity index (χ4n) is 2.08. The minimum atomic E-state index is 0.109. The molecule has 1 aliphatic rings. The second-order valence-corrected chi connectivity index (χ2v) is 4.58. The van der Waals surface area contributed by atoms with E-state index in [2.05, 4.69) is 6.07 Å². The maximum Gasteiger partial charge on any atom is 0.227 e. The fraction of sp³-hybridized carbons (Fsp3) is 0.429. The molecule has 0 radical (unpaired) electrons. The highest BCUT2D eigenvalue weighted by Crippen LogP contribution is 2.30. The highest BCUT2D eigenvalue weighted by molar-refractivity contribution is 5.94. The van der Waals surface area contributed by atoms with Crippen LogP contribution in [0.5, 0.6) is 0 Å². The Morgan fingerprint density at radius 1 is 1.47 bits per heavy atom. The van der Waals surface area contributed by atoms with Gasteiger partial charge in [0.2, 0.25) is 5.91 Å². The van der Waals surface area contributed by atoms with Gasteiger partial charge >= 0.3 is 0 Å². The lowest BCUT2D eigenvalue weighted by Gasteiger charge is -2.27. The predicted octanol–water partition coefficient (Wildman–Crippen LogP) is 2.71. The molecule has 0 bridgehead atoms. The van der Waals surface area contributed by atoms with E-state index in [4.69, 9.17) is 5.26 Å². The van der Waals surface area contributed by atoms with Gasteiger partial charge in [-0.05, 0) is 30.9 Å². The van der Waals surface area contributed by atoms with Crippen LogP contribution in [0.25, 0.3) is 0 Å². The molecular weight excluding hydrogens is 212 g/mol. The van der Waals surface area contributed by atoms with E-state index in [1.807, 2.05) is 18.2 Å². The number of hydrogen-bond donors (Lipinski definition) is 0. The highest BCUT2D eigenvalue weighted by Gasteiger charge is 2.23. The lowest BCUT2D eigenvalue weighted by atomic mass is 9.82. The smallest absolute Gasteiger partial charge is 0.227 e. The zero-order valence-electron chi connectivity index (χ0n) is 10.0. The molecule has 0 heterocycles. The molecule has 0 aromatic heterocycles. The first-order valence-corrected chi connectivity index (χ1v) is 5.98. The van der Waals surface area contributed by atoms with Crippen LogP contribution in [0.1, 0.15) is 31.2 Å². The van der Waals surface area contributed by atoms with Gasteiger partial charge in [-0.15, -0.1) is 0 Å². The zero-order chi connectivity index (χ0) is 12.3. The first-order chi connectivity index (χ1) is 8.22. The Morgan fingerprint density at radius 3 is 2.76 bits per heavy atom. The first kappa shape index (κ1) is 11.7. The maximum atomic E-state index is 12.0. The van der Waals surface area contributed by atoms with Crippen molar-refractivity contribution in [3.05, 3.63) is 29.8 Å². The predicted molar refractivity (Wildman–Crippen MR) is 66.5 cm³/mol. The first-order valence-electron chi connectivity index (χ1n) is 5.98. The van der Waals surface area contributed by atoms with Gasteiger partial charge in [0.25, 0.3) is 0 Å². The molecule has 1 fully saturated rings. The summed E-state index contributed by atoms with van der Waals surface area (Å²) >= 11 is 0. The van der Waals surface area contributed by atoms with Crippen LogP contribution in [0.3, 0.4) is 0 Å². The Kier molecular flexibility index (Phi) is 3.43. The molecule has 88 valence electrons. The number of para-hydroxylation sites is 1. The van der Waals surface area contributed by atoms with Crippen molar-refractivity contribution in [1.82, 2.24) is 0 Å². The van der Waals surface area contributed by atoms with Gasteiger partial charge in [0.15, 0.2) is 0 Å². The molecule has 17 heavy (non-hydrogen) atoms. The Hall–Kier alpha value is -1.82. The van der Waals surface area contributed by atoms with Crippen molar-refractivity contribution in [1.29, 1.82) is 5.26 Å². The molecular formula is C14H16N2O. The van der Waals surface area contributed by atoms with Gasteiger partial charge in [-0.2, -0.15) is 5.26 Å². The Morgan fingerprint density at radius 2 is 2.18 bits per heavy atom. The van der Waals surface area contributed by atoms with E-state index in [-0.39, 0.29) is 5.91 Å². The Balaban J connectivity index is 2.10. The van der Waals surface area contributed by atoms with Gasteiger partial charge < -0.3 is 4.90 Å². The number of benzene rings is 1. The fourth-order valence-corrected chi connectivity index (χ4v) is 2.08. The summed E-state index contributed by atoms with van der Waals surface area (Å²) in [6.45, 7) is 0. The van der Waals surface area contributed by atoms with E-state index in [9.17, 15) is 4.79 Å². The van der Waals surface area contributed by atoms with Crippen LogP contribution in [0, 0.1) is 17.2 Å². The molecule has 0 unspecified atom stereocenters. The molecule has 0 saturated heterocycles. The van der Waals surface area contributed by atoms with E-state index >= 15 is 0 Å². The normalized spacial score (nSPS) is 14.8. The van der Waals surface area contributed by atoms with Gasteiger partial charge in [0, 0.05) is 13.5 Å². The molecule has 0 atom stereocenters. The molecule has 2 rings (SSSR count). The summed E-state index contributed by atoms with van der Waals surface area (Å²) < 4.78 is 0. The SMILES string of the molecule is CN(C(=O)CC1CCC1)c1ccccc1C#N. The molecule has 0 aliphatic heterocycles. The lowest BCUT2D eigenvalue weighted by molar-refractivity contribution is -0.119. The summed E-state index contributed by atoms with van der Waals surface area (Å²) in [5, 5.41) is 9.00. The zero-order valence-corrected chi connectivity index (χ0v) is 10.0. The number of nitrogens with zero attached hydrogens (tertiary/aromatic N) is 2. The summed E-state index contributed by atoms with van der Waals surface area (Å²) in [6.07, 6.45) is 4.19. The third kappa shape index (κ3) is 2.47. The average molecular weight is 228 g/mol. The summed E-state index contributed by atoms with van der Waals surface area (Å²) in [5.41, 5.74) is 1.26.